The van der Waals surface area contributed by atoms with E-state index in [9.17, 15) is 9.59 Å². The van der Waals surface area contributed by atoms with Gasteiger partial charge in [-0.1, -0.05) is 6.08 Å². The quantitative estimate of drug-likeness (QED) is 0.533. The molecule has 0 aromatic heterocycles. The zero-order valence-electron chi connectivity index (χ0n) is 11.1. The summed E-state index contributed by atoms with van der Waals surface area (Å²) in [7, 11) is 0. The summed E-state index contributed by atoms with van der Waals surface area (Å²) in [6.07, 6.45) is 3.16. The Morgan fingerprint density at radius 1 is 0.947 bits per heavy atom. The minimum atomic E-state index is -0.347. The largest absolute Gasteiger partial charge is 0.462 e. The molecule has 0 unspecified atom stereocenters. The molecule has 1 aromatic rings. The molecule has 0 N–H and O–H groups in total. The molecule has 2 heterocycles. The minimum absolute atomic E-state index is 0.347. The highest BCUT2D eigenvalue weighted by molar-refractivity contribution is 5.93. The van der Waals surface area contributed by atoms with Crippen LogP contribution in [0.15, 0.2) is 36.9 Å². The Labute approximate surface area is 113 Å². The number of rotatable bonds is 0. The summed E-state index contributed by atoms with van der Waals surface area (Å²) in [6, 6.07) is 6.28. The molecule has 0 saturated carbocycles. The van der Waals surface area contributed by atoms with E-state index in [1.165, 1.54) is 0 Å². The molecular formula is C15H18O4. The van der Waals surface area contributed by atoms with Crippen molar-refractivity contribution in [3.8, 4) is 0 Å². The molecule has 1 aromatic carbocycles. The lowest BCUT2D eigenvalue weighted by molar-refractivity contribution is 0.0427. The van der Waals surface area contributed by atoms with Crippen LogP contribution in [0.1, 0.15) is 40.5 Å². The van der Waals surface area contributed by atoms with E-state index in [0.717, 1.165) is 0 Å². The summed E-state index contributed by atoms with van der Waals surface area (Å²) >= 11 is 0. The fourth-order valence-corrected chi connectivity index (χ4v) is 1.44. The number of fused-ring (bicyclic) bond motifs is 9. The van der Waals surface area contributed by atoms with Gasteiger partial charge in [0.15, 0.2) is 0 Å². The molecule has 2 aliphatic heterocycles. The van der Waals surface area contributed by atoms with Crippen molar-refractivity contribution in [2.24, 2.45) is 0 Å². The summed E-state index contributed by atoms with van der Waals surface area (Å²) in [4.78, 5) is 23.0. The van der Waals surface area contributed by atoms with E-state index in [4.69, 9.17) is 9.47 Å². The third-order valence-electron chi connectivity index (χ3n) is 2.36. The first-order valence-electron chi connectivity index (χ1n) is 6.20. The second kappa shape index (κ2) is 8.08. The van der Waals surface area contributed by atoms with Crippen LogP contribution in [0.3, 0.4) is 0 Å². The standard InChI is InChI=1S/C12H12O4.C3H6/c13-11-9-3-5-10(6-4-9)12(14)16-8-2-1-7-15-11;1-3-2/h3-6H,1-2,7-8H2;3H,1H2,2H3. The van der Waals surface area contributed by atoms with E-state index in [-0.39, 0.29) is 11.9 Å². The predicted octanol–water partition coefficient (Wildman–Crippen LogP) is 2.99. The van der Waals surface area contributed by atoms with Crippen LogP contribution in [0, 0.1) is 0 Å². The summed E-state index contributed by atoms with van der Waals surface area (Å²) < 4.78 is 10.1. The van der Waals surface area contributed by atoms with Crippen LogP contribution in [-0.4, -0.2) is 25.2 Å². The molecule has 2 bridgehead atoms. The first-order chi connectivity index (χ1) is 9.19. The fraction of sp³-hybridized carbons (Fsp3) is 0.333. The highest BCUT2D eigenvalue weighted by Gasteiger charge is 2.12. The van der Waals surface area contributed by atoms with Crippen LogP contribution in [0.2, 0.25) is 0 Å². The van der Waals surface area contributed by atoms with Crippen molar-refractivity contribution in [2.45, 2.75) is 19.8 Å². The van der Waals surface area contributed by atoms with Gasteiger partial charge in [-0.15, -0.1) is 6.58 Å². The van der Waals surface area contributed by atoms with E-state index < -0.39 is 0 Å². The average Bonchev–Trinajstić information content (AvgIpc) is 2.42. The molecule has 0 spiro atoms. The van der Waals surface area contributed by atoms with Crippen LogP contribution in [0.4, 0.5) is 0 Å². The normalized spacial score (nSPS) is 15.0. The Bertz CT molecular complexity index is 395. The van der Waals surface area contributed by atoms with Crippen LogP contribution >= 0.6 is 0 Å². The third-order valence-corrected chi connectivity index (χ3v) is 2.36. The molecule has 0 atom stereocenters. The van der Waals surface area contributed by atoms with Crippen molar-refractivity contribution >= 4 is 11.9 Å². The highest BCUT2D eigenvalue weighted by Crippen LogP contribution is 2.09. The maximum absolute atomic E-state index is 11.5. The topological polar surface area (TPSA) is 52.6 Å². The van der Waals surface area contributed by atoms with Crippen molar-refractivity contribution in [3.05, 3.63) is 48.0 Å². The van der Waals surface area contributed by atoms with Crippen molar-refractivity contribution in [1.82, 2.24) is 0 Å². The smallest absolute Gasteiger partial charge is 0.338 e. The fourth-order valence-electron chi connectivity index (χ4n) is 1.44. The monoisotopic (exact) mass is 262 g/mol. The minimum Gasteiger partial charge on any atom is -0.462 e. The lowest BCUT2D eigenvalue weighted by atomic mass is 10.1. The molecule has 2 aliphatic rings. The molecule has 0 radical (unpaired) electrons. The van der Waals surface area contributed by atoms with Crippen LogP contribution < -0.4 is 0 Å². The van der Waals surface area contributed by atoms with E-state index in [1.54, 1.807) is 30.3 Å². The SMILES string of the molecule is C=CC.O=C1OCCCCOC(=O)c2ccc1cc2. The predicted molar refractivity (Wildman–Crippen MR) is 72.1 cm³/mol. The highest BCUT2D eigenvalue weighted by atomic mass is 16.5. The Morgan fingerprint density at radius 3 is 1.58 bits per heavy atom. The molecule has 19 heavy (non-hydrogen) atoms. The molecule has 4 nitrogen and oxygen atoms in total. The number of carbonyl (C=O) groups excluding carboxylic acids is 2. The molecule has 102 valence electrons. The van der Waals surface area contributed by atoms with Gasteiger partial charge in [0.1, 0.15) is 0 Å². The molecular weight excluding hydrogens is 244 g/mol. The van der Waals surface area contributed by atoms with Crippen LogP contribution in [0.5, 0.6) is 0 Å². The zero-order chi connectivity index (χ0) is 14.1. The van der Waals surface area contributed by atoms with Gasteiger partial charge in [0.25, 0.3) is 0 Å². The Balaban J connectivity index is 0.000000550. The van der Waals surface area contributed by atoms with Gasteiger partial charge in [0.05, 0.1) is 24.3 Å². The maximum Gasteiger partial charge on any atom is 0.338 e. The first kappa shape index (κ1) is 15.0. The molecule has 4 heteroatoms. The number of hydrogen-bond acceptors (Lipinski definition) is 4. The molecule has 0 fully saturated rings. The van der Waals surface area contributed by atoms with Gasteiger partial charge in [-0.2, -0.15) is 0 Å². The zero-order valence-corrected chi connectivity index (χ0v) is 11.1. The maximum atomic E-state index is 11.5. The average molecular weight is 262 g/mol. The number of allylic oxidation sites excluding steroid dienone is 1. The third kappa shape index (κ3) is 4.95. The van der Waals surface area contributed by atoms with E-state index in [1.807, 2.05) is 6.92 Å². The molecule has 0 amide bonds. The number of esters is 2. The van der Waals surface area contributed by atoms with Gasteiger partial charge in [0.2, 0.25) is 0 Å². The molecule has 0 aliphatic carbocycles. The lowest BCUT2D eigenvalue weighted by Gasteiger charge is -2.09. The Kier molecular flexibility index (Phi) is 6.36. The summed E-state index contributed by atoms with van der Waals surface area (Å²) in [5, 5.41) is 0. The number of hydrogen-bond donors (Lipinski definition) is 0. The van der Waals surface area contributed by atoms with Gasteiger partial charge in [-0.3, -0.25) is 0 Å². The molecule has 3 rings (SSSR count). The van der Waals surface area contributed by atoms with Crippen LogP contribution in [0.25, 0.3) is 0 Å². The first-order valence-corrected chi connectivity index (χ1v) is 6.20. The summed E-state index contributed by atoms with van der Waals surface area (Å²) in [5.41, 5.74) is 0.911. The van der Waals surface area contributed by atoms with E-state index >= 15 is 0 Å². The summed E-state index contributed by atoms with van der Waals surface area (Å²) in [5.74, 6) is -0.694. The number of carbonyl (C=O) groups is 2. The van der Waals surface area contributed by atoms with Gasteiger partial charge in [-0.25, -0.2) is 9.59 Å². The van der Waals surface area contributed by atoms with Gasteiger partial charge < -0.3 is 9.47 Å². The van der Waals surface area contributed by atoms with Crippen molar-refractivity contribution < 1.29 is 19.1 Å². The number of ether oxygens (including phenoxy) is 2. The van der Waals surface area contributed by atoms with Gasteiger partial charge in [0, 0.05) is 0 Å². The van der Waals surface area contributed by atoms with Crippen molar-refractivity contribution in [2.75, 3.05) is 13.2 Å². The van der Waals surface area contributed by atoms with Gasteiger partial charge in [-0.05, 0) is 44.0 Å². The lowest BCUT2D eigenvalue weighted by Crippen LogP contribution is -2.12. The van der Waals surface area contributed by atoms with Crippen LogP contribution in [-0.2, 0) is 9.47 Å². The number of benzene rings is 1. The Morgan fingerprint density at radius 2 is 1.26 bits per heavy atom. The second-order valence-corrected chi connectivity index (χ2v) is 3.96. The second-order valence-electron chi connectivity index (χ2n) is 3.96. The molecule has 0 saturated heterocycles. The summed E-state index contributed by atoms with van der Waals surface area (Å²) in [6.45, 7) is 5.97. The van der Waals surface area contributed by atoms with Crippen molar-refractivity contribution in [1.29, 1.82) is 0 Å². The van der Waals surface area contributed by atoms with E-state index in [2.05, 4.69) is 6.58 Å². The van der Waals surface area contributed by atoms with E-state index in [0.29, 0.717) is 37.2 Å². The van der Waals surface area contributed by atoms with Gasteiger partial charge >= 0.3 is 11.9 Å². The Hall–Kier alpha value is -2.10. The van der Waals surface area contributed by atoms with Crippen molar-refractivity contribution in [3.63, 3.8) is 0 Å².